The van der Waals surface area contributed by atoms with E-state index in [9.17, 15) is 18.7 Å². The maximum atomic E-state index is 15.1. The van der Waals surface area contributed by atoms with Crippen molar-refractivity contribution in [1.82, 2.24) is 19.4 Å². The third kappa shape index (κ3) is 5.24. The minimum Gasteiger partial charge on any atom is -0.478 e. The molecular formula is C33H31ClF3N5O5. The van der Waals surface area contributed by atoms with E-state index in [0.29, 0.717) is 53.2 Å². The first-order valence-electron chi connectivity index (χ1n) is 15.6. The fourth-order valence-electron chi connectivity index (χ4n) is 6.97. The molecule has 0 amide bonds. The minimum absolute atomic E-state index is 0.0386. The first-order valence-corrected chi connectivity index (χ1v) is 15.9. The Hall–Kier alpha value is -4.07. The Kier molecular flexibility index (Phi) is 7.08. The number of carbonyl (C=O) groups is 1. The van der Waals surface area contributed by atoms with Gasteiger partial charge in [-0.1, -0.05) is 17.7 Å². The van der Waals surface area contributed by atoms with E-state index >= 15 is 4.39 Å². The third-order valence-electron chi connectivity index (χ3n) is 9.64. The molecule has 10 nitrogen and oxygen atoms in total. The van der Waals surface area contributed by atoms with Crippen molar-refractivity contribution in [1.29, 1.82) is 0 Å². The number of hydrogen-bond donors (Lipinski definition) is 1. The topological polar surface area (TPSA) is 102 Å². The van der Waals surface area contributed by atoms with Crippen molar-refractivity contribution in [2.24, 2.45) is 0 Å². The first-order chi connectivity index (χ1) is 22.5. The van der Waals surface area contributed by atoms with Crippen LogP contribution in [0.3, 0.4) is 0 Å². The number of aromatic nitrogens is 3. The summed E-state index contributed by atoms with van der Waals surface area (Å²) in [5, 5.41) is 10.1. The number of fused-ring (bicyclic) bond motifs is 3. The lowest BCUT2D eigenvalue weighted by Crippen LogP contribution is -2.64. The van der Waals surface area contributed by atoms with Gasteiger partial charge in [-0.25, -0.2) is 22.9 Å². The van der Waals surface area contributed by atoms with Crippen molar-refractivity contribution < 1.29 is 37.3 Å². The fourth-order valence-corrected chi connectivity index (χ4v) is 7.08. The van der Waals surface area contributed by atoms with Crippen LogP contribution in [0.2, 0.25) is 5.02 Å². The number of nitrogens with zero attached hydrogens (tertiary/aromatic N) is 5. The molecule has 4 atom stereocenters. The number of carboxylic acids is 1. The van der Waals surface area contributed by atoms with Gasteiger partial charge in [0, 0.05) is 51.3 Å². The SMILES string of the molecule is CC1(c2ccc(Cl)cn2)Oc2cccc(N3CCN(Cc4nc5c(F)cc(C(=O)O)cc5n4CCOC4CC4(F)F)[C@H]4CC[C@@H]43)c2O1. The van der Waals surface area contributed by atoms with E-state index < -0.39 is 29.6 Å². The molecule has 1 saturated heterocycles. The number of benzene rings is 2. The number of alkyl halides is 2. The number of halogens is 4. The summed E-state index contributed by atoms with van der Waals surface area (Å²) >= 11 is 6.05. The summed E-state index contributed by atoms with van der Waals surface area (Å²) < 4.78 is 61.8. The zero-order valence-electron chi connectivity index (χ0n) is 25.3. The Morgan fingerprint density at radius 1 is 1.15 bits per heavy atom. The molecule has 2 saturated carbocycles. The van der Waals surface area contributed by atoms with E-state index in [4.69, 9.17) is 25.8 Å². The van der Waals surface area contributed by atoms with Gasteiger partial charge in [0.05, 0.1) is 34.9 Å². The van der Waals surface area contributed by atoms with Gasteiger partial charge in [-0.15, -0.1) is 0 Å². The number of piperazine rings is 1. The highest BCUT2D eigenvalue weighted by Crippen LogP contribution is 2.51. The van der Waals surface area contributed by atoms with Crippen LogP contribution in [0, 0.1) is 5.82 Å². The second-order valence-corrected chi connectivity index (χ2v) is 13.1. The predicted molar refractivity (Wildman–Crippen MR) is 165 cm³/mol. The number of rotatable bonds is 9. The fraction of sp³-hybridized carbons (Fsp3) is 0.424. The highest BCUT2D eigenvalue weighted by molar-refractivity contribution is 6.30. The predicted octanol–water partition coefficient (Wildman–Crippen LogP) is 5.84. The Morgan fingerprint density at radius 2 is 1.96 bits per heavy atom. The smallest absolute Gasteiger partial charge is 0.335 e. The van der Waals surface area contributed by atoms with Crippen LogP contribution >= 0.6 is 11.6 Å². The van der Waals surface area contributed by atoms with E-state index in [1.165, 1.54) is 6.07 Å². The average molecular weight is 670 g/mol. The molecule has 14 heteroatoms. The second-order valence-electron chi connectivity index (χ2n) is 12.6. The zero-order valence-corrected chi connectivity index (χ0v) is 26.1. The normalized spacial score (nSPS) is 25.9. The van der Waals surface area contributed by atoms with Gasteiger partial charge in [-0.2, -0.15) is 0 Å². The number of aromatic carboxylic acids is 1. The van der Waals surface area contributed by atoms with Crippen molar-refractivity contribution in [3.8, 4) is 11.5 Å². The number of anilines is 1. The molecule has 2 aliphatic carbocycles. The molecule has 4 aliphatic rings. The van der Waals surface area contributed by atoms with Crippen molar-refractivity contribution in [3.05, 3.63) is 76.6 Å². The molecule has 3 fully saturated rings. The lowest BCUT2D eigenvalue weighted by atomic mass is 9.81. The molecule has 2 aliphatic heterocycles. The van der Waals surface area contributed by atoms with Crippen molar-refractivity contribution in [3.63, 3.8) is 0 Å². The Labute approximate surface area is 272 Å². The summed E-state index contributed by atoms with van der Waals surface area (Å²) in [6.45, 7) is 3.63. The molecule has 4 heterocycles. The molecule has 8 rings (SSSR count). The molecule has 0 bridgehead atoms. The number of pyridine rings is 1. The van der Waals surface area contributed by atoms with Gasteiger partial charge >= 0.3 is 5.97 Å². The molecule has 0 spiro atoms. The van der Waals surface area contributed by atoms with Gasteiger partial charge in [-0.3, -0.25) is 9.88 Å². The number of ether oxygens (including phenoxy) is 3. The van der Waals surface area contributed by atoms with Crippen molar-refractivity contribution in [2.45, 2.75) is 69.2 Å². The summed E-state index contributed by atoms with van der Waals surface area (Å²) in [4.78, 5) is 25.4. The van der Waals surface area contributed by atoms with Gasteiger partial charge in [0.25, 0.3) is 11.7 Å². The van der Waals surface area contributed by atoms with Crippen LogP contribution < -0.4 is 14.4 Å². The van der Waals surface area contributed by atoms with Gasteiger partial charge in [0.15, 0.2) is 17.3 Å². The monoisotopic (exact) mass is 669 g/mol. The number of carboxylic acid groups (broad SMARTS) is 1. The standard InChI is InChI=1S/C33H31ClF3N5O5/c1-32(26-8-5-19(34)16-38-26)46-25-4-2-3-23(30(25)47-32)41-10-9-40(21-6-7-22(21)41)17-28-39-29-20(35)13-18(31(43)44)14-24(29)42(28)11-12-45-27-15-33(27,36)37/h2-5,8,13-14,16,21-22,27H,6-7,9-12,15,17H2,1H3,(H,43,44)/t21-,22-,27?,32?/m0/s1. The highest BCUT2D eigenvalue weighted by Gasteiger charge is 2.58. The van der Waals surface area contributed by atoms with E-state index in [-0.39, 0.29) is 42.7 Å². The van der Waals surface area contributed by atoms with Crippen LogP contribution in [-0.4, -0.2) is 74.3 Å². The van der Waals surface area contributed by atoms with Gasteiger partial charge in [0.2, 0.25) is 0 Å². The summed E-state index contributed by atoms with van der Waals surface area (Å²) in [5.41, 5.74) is 1.65. The maximum absolute atomic E-state index is 15.1. The molecule has 2 unspecified atom stereocenters. The van der Waals surface area contributed by atoms with Crippen LogP contribution in [0.1, 0.15) is 48.1 Å². The second kappa shape index (κ2) is 11.0. The number of imidazole rings is 1. The molecule has 4 aromatic rings. The Balaban J connectivity index is 1.04. The summed E-state index contributed by atoms with van der Waals surface area (Å²) in [5.74, 6) is -4.16. The molecular weight excluding hydrogens is 639 g/mol. The first kappa shape index (κ1) is 30.3. The van der Waals surface area contributed by atoms with Gasteiger partial charge in [0.1, 0.15) is 23.1 Å². The quantitative estimate of drug-likeness (QED) is 0.235. The average Bonchev–Trinajstić information content (AvgIpc) is 3.28. The molecule has 47 heavy (non-hydrogen) atoms. The lowest BCUT2D eigenvalue weighted by molar-refractivity contribution is -0.0717. The summed E-state index contributed by atoms with van der Waals surface area (Å²) in [7, 11) is 0. The van der Waals surface area contributed by atoms with Gasteiger partial charge in [-0.05, 0) is 49.2 Å². The highest BCUT2D eigenvalue weighted by atomic mass is 35.5. The van der Waals surface area contributed by atoms with E-state index in [1.54, 1.807) is 22.9 Å². The summed E-state index contributed by atoms with van der Waals surface area (Å²) in [6.07, 6.45) is 2.00. The van der Waals surface area contributed by atoms with Crippen molar-refractivity contribution in [2.75, 3.05) is 24.6 Å². The minimum atomic E-state index is -2.83. The molecule has 2 aromatic carbocycles. The molecule has 246 valence electrons. The van der Waals surface area contributed by atoms with Crippen molar-refractivity contribution >= 4 is 34.3 Å². The van der Waals surface area contributed by atoms with E-state index in [0.717, 1.165) is 24.6 Å². The maximum Gasteiger partial charge on any atom is 0.335 e. The third-order valence-corrected chi connectivity index (χ3v) is 9.87. The van der Waals surface area contributed by atoms with E-state index in [1.807, 2.05) is 25.1 Å². The number of hydrogen-bond acceptors (Lipinski definition) is 8. The van der Waals surface area contributed by atoms with Crippen LogP contribution in [-0.2, 0) is 23.6 Å². The summed E-state index contributed by atoms with van der Waals surface area (Å²) in [6, 6.07) is 12.0. The Morgan fingerprint density at radius 3 is 2.66 bits per heavy atom. The lowest BCUT2D eigenvalue weighted by Gasteiger charge is -2.54. The zero-order chi connectivity index (χ0) is 32.7. The largest absolute Gasteiger partial charge is 0.478 e. The molecule has 1 N–H and O–H groups in total. The van der Waals surface area contributed by atoms with Crippen LogP contribution in [0.15, 0.2) is 48.7 Å². The van der Waals surface area contributed by atoms with Crippen LogP contribution in [0.5, 0.6) is 11.5 Å². The molecule has 0 radical (unpaired) electrons. The van der Waals surface area contributed by atoms with Crippen LogP contribution in [0.4, 0.5) is 18.9 Å². The van der Waals surface area contributed by atoms with Gasteiger partial charge < -0.3 is 28.8 Å². The van der Waals surface area contributed by atoms with Crippen LogP contribution in [0.25, 0.3) is 11.0 Å². The van der Waals surface area contributed by atoms with E-state index in [2.05, 4.69) is 19.8 Å². The number of para-hydroxylation sites is 1. The molecule has 2 aromatic heterocycles. The Bertz CT molecular complexity index is 1890.